The van der Waals surface area contributed by atoms with Gasteiger partial charge in [0, 0.05) is 17.8 Å². The van der Waals surface area contributed by atoms with Crippen LogP contribution in [0.2, 0.25) is 0 Å². The van der Waals surface area contributed by atoms with Crippen LogP contribution in [0.25, 0.3) is 0 Å². The van der Waals surface area contributed by atoms with Crippen molar-refractivity contribution in [1.82, 2.24) is 5.32 Å². The fourth-order valence-electron chi connectivity index (χ4n) is 1.76. The number of hydrogen-bond acceptors (Lipinski definition) is 2. The van der Waals surface area contributed by atoms with Gasteiger partial charge in [-0.05, 0) is 30.2 Å². The van der Waals surface area contributed by atoms with Crippen molar-refractivity contribution in [3.05, 3.63) is 42.0 Å². The van der Waals surface area contributed by atoms with E-state index in [4.69, 9.17) is 0 Å². The molecule has 1 aromatic carbocycles. The highest BCUT2D eigenvalue weighted by Crippen LogP contribution is 2.23. The first-order valence-electron chi connectivity index (χ1n) is 5.52. The summed E-state index contributed by atoms with van der Waals surface area (Å²) in [7, 11) is 0. The summed E-state index contributed by atoms with van der Waals surface area (Å²) in [4.78, 5) is 22.9. The summed E-state index contributed by atoms with van der Waals surface area (Å²) < 4.78 is 0. The van der Waals surface area contributed by atoms with Crippen LogP contribution in [-0.4, -0.2) is 18.4 Å². The third-order valence-corrected chi connectivity index (χ3v) is 2.63. The molecule has 1 aromatic rings. The molecule has 4 nitrogen and oxygen atoms in total. The van der Waals surface area contributed by atoms with Gasteiger partial charge in [0.25, 0.3) is 5.91 Å². The Morgan fingerprint density at radius 2 is 2.35 bits per heavy atom. The first-order valence-corrected chi connectivity index (χ1v) is 5.52. The molecule has 0 fully saturated rings. The van der Waals surface area contributed by atoms with Crippen molar-refractivity contribution < 1.29 is 9.59 Å². The first kappa shape index (κ1) is 11.4. The van der Waals surface area contributed by atoms with Gasteiger partial charge in [-0.1, -0.05) is 6.08 Å². The third-order valence-electron chi connectivity index (χ3n) is 2.63. The smallest absolute Gasteiger partial charge is 0.251 e. The molecule has 2 rings (SSSR count). The minimum absolute atomic E-state index is 0.0239. The number of benzene rings is 1. The van der Waals surface area contributed by atoms with Crippen LogP contribution in [0.1, 0.15) is 22.3 Å². The molecule has 0 aromatic heterocycles. The molecule has 4 heteroatoms. The van der Waals surface area contributed by atoms with Crippen molar-refractivity contribution in [2.75, 3.05) is 11.9 Å². The van der Waals surface area contributed by atoms with E-state index in [1.54, 1.807) is 24.3 Å². The largest absolute Gasteiger partial charge is 0.352 e. The summed E-state index contributed by atoms with van der Waals surface area (Å²) in [6.07, 6.45) is 2.85. The van der Waals surface area contributed by atoms with E-state index in [2.05, 4.69) is 17.2 Å². The Morgan fingerprint density at radius 3 is 3.12 bits per heavy atom. The molecule has 0 aliphatic carbocycles. The molecule has 2 N–H and O–H groups in total. The normalized spacial score (nSPS) is 12.8. The van der Waals surface area contributed by atoms with E-state index in [1.165, 1.54) is 0 Å². The number of carbonyl (C=O) groups is 2. The SMILES string of the molecule is C=CCCNC(=O)c1ccc2c(c1)CC(=O)N2. The Balaban J connectivity index is 2.07. The van der Waals surface area contributed by atoms with Crippen LogP contribution in [0.5, 0.6) is 0 Å². The van der Waals surface area contributed by atoms with Gasteiger partial charge in [-0.3, -0.25) is 9.59 Å². The van der Waals surface area contributed by atoms with E-state index >= 15 is 0 Å². The van der Waals surface area contributed by atoms with Gasteiger partial charge < -0.3 is 10.6 Å². The molecule has 1 aliphatic heterocycles. The molecule has 0 saturated heterocycles. The maximum Gasteiger partial charge on any atom is 0.251 e. The predicted octanol–water partition coefficient (Wildman–Crippen LogP) is 1.49. The van der Waals surface area contributed by atoms with E-state index in [-0.39, 0.29) is 11.8 Å². The Bertz CT molecular complexity index is 480. The van der Waals surface area contributed by atoms with Gasteiger partial charge in [0.2, 0.25) is 5.91 Å². The molecule has 0 unspecified atom stereocenters. The fourth-order valence-corrected chi connectivity index (χ4v) is 1.76. The van der Waals surface area contributed by atoms with Gasteiger partial charge in [0.1, 0.15) is 0 Å². The van der Waals surface area contributed by atoms with E-state index < -0.39 is 0 Å². The van der Waals surface area contributed by atoms with Crippen molar-refractivity contribution in [3.8, 4) is 0 Å². The van der Waals surface area contributed by atoms with Gasteiger partial charge in [-0.15, -0.1) is 6.58 Å². The van der Waals surface area contributed by atoms with Crippen LogP contribution in [0.4, 0.5) is 5.69 Å². The predicted molar refractivity (Wildman–Crippen MR) is 65.9 cm³/mol. The third kappa shape index (κ3) is 2.53. The van der Waals surface area contributed by atoms with Crippen LogP contribution in [0, 0.1) is 0 Å². The Kier molecular flexibility index (Phi) is 3.23. The van der Waals surface area contributed by atoms with Crippen molar-refractivity contribution in [2.24, 2.45) is 0 Å². The molecule has 0 saturated carbocycles. The summed E-state index contributed by atoms with van der Waals surface area (Å²) in [5.41, 5.74) is 2.27. The van der Waals surface area contributed by atoms with Crippen LogP contribution in [0.15, 0.2) is 30.9 Å². The Labute approximate surface area is 99.7 Å². The minimum atomic E-state index is -0.117. The summed E-state index contributed by atoms with van der Waals surface area (Å²) in [6, 6.07) is 5.24. The van der Waals surface area contributed by atoms with Crippen molar-refractivity contribution in [1.29, 1.82) is 0 Å². The molecule has 0 spiro atoms. The zero-order valence-corrected chi connectivity index (χ0v) is 9.45. The van der Waals surface area contributed by atoms with Gasteiger partial charge in [0.05, 0.1) is 6.42 Å². The molecular formula is C13H14N2O2. The maximum atomic E-state index is 11.8. The quantitative estimate of drug-likeness (QED) is 0.608. The van der Waals surface area contributed by atoms with Gasteiger partial charge >= 0.3 is 0 Å². The number of fused-ring (bicyclic) bond motifs is 1. The van der Waals surface area contributed by atoms with Gasteiger partial charge in [0.15, 0.2) is 0 Å². The first-order chi connectivity index (χ1) is 8.20. The topological polar surface area (TPSA) is 58.2 Å². The van der Waals surface area contributed by atoms with Gasteiger partial charge in [-0.25, -0.2) is 0 Å². The lowest BCUT2D eigenvalue weighted by atomic mass is 10.1. The van der Waals surface area contributed by atoms with E-state index in [9.17, 15) is 9.59 Å². The summed E-state index contributed by atoms with van der Waals surface area (Å²) in [6.45, 7) is 4.17. The Hall–Kier alpha value is -2.10. The summed E-state index contributed by atoms with van der Waals surface area (Å²) in [5.74, 6) is -0.141. The van der Waals surface area contributed by atoms with Gasteiger partial charge in [-0.2, -0.15) is 0 Å². The monoisotopic (exact) mass is 230 g/mol. The van der Waals surface area contributed by atoms with Crippen LogP contribution in [-0.2, 0) is 11.2 Å². The fraction of sp³-hybridized carbons (Fsp3) is 0.231. The van der Waals surface area contributed by atoms with E-state index in [0.717, 1.165) is 17.7 Å². The van der Waals surface area contributed by atoms with Crippen LogP contribution < -0.4 is 10.6 Å². The summed E-state index contributed by atoms with van der Waals surface area (Å²) in [5, 5.41) is 5.52. The molecule has 2 amide bonds. The number of nitrogens with one attached hydrogen (secondary N) is 2. The number of hydrogen-bond donors (Lipinski definition) is 2. The number of carbonyl (C=O) groups excluding carboxylic acids is 2. The molecule has 1 aliphatic rings. The molecule has 88 valence electrons. The molecule has 0 bridgehead atoms. The lowest BCUT2D eigenvalue weighted by molar-refractivity contribution is -0.115. The van der Waals surface area contributed by atoms with E-state index in [0.29, 0.717) is 18.5 Å². The molecule has 17 heavy (non-hydrogen) atoms. The second-order valence-corrected chi connectivity index (χ2v) is 3.93. The number of amides is 2. The molecule has 1 heterocycles. The second-order valence-electron chi connectivity index (χ2n) is 3.93. The van der Waals surface area contributed by atoms with Crippen molar-refractivity contribution in [3.63, 3.8) is 0 Å². The average Bonchev–Trinajstić information content (AvgIpc) is 2.68. The van der Waals surface area contributed by atoms with Crippen LogP contribution >= 0.6 is 0 Å². The molecular weight excluding hydrogens is 216 g/mol. The highest BCUT2D eigenvalue weighted by Gasteiger charge is 2.18. The second kappa shape index (κ2) is 4.82. The zero-order valence-electron chi connectivity index (χ0n) is 9.45. The van der Waals surface area contributed by atoms with Crippen molar-refractivity contribution in [2.45, 2.75) is 12.8 Å². The Morgan fingerprint density at radius 1 is 1.53 bits per heavy atom. The number of rotatable bonds is 4. The standard InChI is InChI=1S/C13H14N2O2/c1-2-3-6-14-13(17)9-4-5-11-10(7-9)8-12(16)15-11/h2,4-5,7H,1,3,6,8H2,(H,14,17)(H,15,16). The lowest BCUT2D eigenvalue weighted by Crippen LogP contribution is -2.24. The average molecular weight is 230 g/mol. The molecule has 0 atom stereocenters. The lowest BCUT2D eigenvalue weighted by Gasteiger charge is -2.05. The van der Waals surface area contributed by atoms with Crippen molar-refractivity contribution >= 4 is 17.5 Å². The maximum absolute atomic E-state index is 11.8. The van der Waals surface area contributed by atoms with E-state index in [1.807, 2.05) is 0 Å². The highest BCUT2D eigenvalue weighted by atomic mass is 16.2. The number of anilines is 1. The molecule has 0 radical (unpaired) electrons. The highest BCUT2D eigenvalue weighted by molar-refractivity contribution is 6.01. The minimum Gasteiger partial charge on any atom is -0.352 e. The van der Waals surface area contributed by atoms with Crippen LogP contribution in [0.3, 0.4) is 0 Å². The zero-order chi connectivity index (χ0) is 12.3. The summed E-state index contributed by atoms with van der Waals surface area (Å²) >= 11 is 0.